The van der Waals surface area contributed by atoms with Gasteiger partial charge in [0, 0.05) is 6.04 Å². The van der Waals surface area contributed by atoms with Crippen LogP contribution in [0.5, 0.6) is 0 Å². The molecule has 0 aromatic heterocycles. The van der Waals surface area contributed by atoms with Crippen LogP contribution in [-0.4, -0.2) is 24.8 Å². The van der Waals surface area contributed by atoms with Crippen LogP contribution in [0.1, 0.15) is 40.5 Å². The molecule has 0 bridgehead atoms. The highest BCUT2D eigenvalue weighted by atomic mass is 16.5. The summed E-state index contributed by atoms with van der Waals surface area (Å²) in [7, 11) is 0. The molecule has 1 N–H and O–H groups in total. The van der Waals surface area contributed by atoms with Gasteiger partial charge in [-0.15, -0.1) is 0 Å². The number of rotatable bonds is 3. The van der Waals surface area contributed by atoms with Crippen molar-refractivity contribution >= 4 is 0 Å². The molecule has 78 valence electrons. The Balaban J connectivity index is 2.40. The molecular formula is C11H23NO. The average Bonchev–Trinajstić information content (AvgIpc) is 2.03. The third kappa shape index (κ3) is 3.28. The van der Waals surface area contributed by atoms with Crippen LogP contribution in [0.25, 0.3) is 0 Å². The van der Waals surface area contributed by atoms with E-state index in [1.165, 1.54) is 12.8 Å². The Morgan fingerprint density at radius 3 is 2.31 bits per heavy atom. The van der Waals surface area contributed by atoms with Crippen molar-refractivity contribution in [2.45, 2.75) is 58.8 Å². The molecule has 2 nitrogen and oxygen atoms in total. The first-order valence-electron chi connectivity index (χ1n) is 5.52. The molecule has 13 heavy (non-hydrogen) atoms. The number of hydrogen-bond donors (Lipinski definition) is 1. The molecule has 0 amide bonds. The Bertz CT molecular complexity index is 139. The van der Waals surface area contributed by atoms with Crippen LogP contribution in [0.15, 0.2) is 0 Å². The smallest absolute Gasteiger partial charge is 0.0553 e. The van der Waals surface area contributed by atoms with Gasteiger partial charge in [0.25, 0.3) is 0 Å². The van der Waals surface area contributed by atoms with Crippen molar-refractivity contribution in [3.05, 3.63) is 0 Å². The molecule has 0 aromatic carbocycles. The minimum Gasteiger partial charge on any atom is -0.376 e. The highest BCUT2D eigenvalue weighted by Crippen LogP contribution is 2.26. The second-order valence-corrected chi connectivity index (χ2v) is 4.34. The molecule has 0 aliphatic carbocycles. The first-order chi connectivity index (χ1) is 6.13. The van der Waals surface area contributed by atoms with Gasteiger partial charge in [0.15, 0.2) is 0 Å². The molecule has 0 saturated carbocycles. The Hall–Kier alpha value is -0.0800. The van der Waals surface area contributed by atoms with E-state index in [0.29, 0.717) is 18.2 Å². The van der Waals surface area contributed by atoms with Gasteiger partial charge in [-0.3, -0.25) is 0 Å². The van der Waals surface area contributed by atoms with Crippen LogP contribution in [0, 0.1) is 5.92 Å². The summed E-state index contributed by atoms with van der Waals surface area (Å²) < 4.78 is 5.72. The van der Waals surface area contributed by atoms with Gasteiger partial charge >= 0.3 is 0 Å². The Morgan fingerprint density at radius 1 is 1.31 bits per heavy atom. The van der Waals surface area contributed by atoms with Crippen LogP contribution in [0.2, 0.25) is 0 Å². The van der Waals surface area contributed by atoms with Crippen molar-refractivity contribution in [2.24, 2.45) is 5.92 Å². The predicted molar refractivity (Wildman–Crippen MR) is 55.9 cm³/mol. The maximum atomic E-state index is 5.72. The van der Waals surface area contributed by atoms with Gasteiger partial charge in [-0.2, -0.15) is 0 Å². The van der Waals surface area contributed by atoms with E-state index in [1.54, 1.807) is 0 Å². The summed E-state index contributed by atoms with van der Waals surface area (Å²) in [5.41, 5.74) is 0. The van der Waals surface area contributed by atoms with Gasteiger partial charge < -0.3 is 10.1 Å². The molecule has 1 fully saturated rings. The molecule has 1 rings (SSSR count). The Morgan fingerprint density at radius 2 is 1.85 bits per heavy atom. The summed E-state index contributed by atoms with van der Waals surface area (Å²) in [5.74, 6) is 0.790. The van der Waals surface area contributed by atoms with Crippen LogP contribution >= 0.6 is 0 Å². The standard InChI is InChI=1S/C11H23NO/c1-5-12-10(4)11-6-8(2)13-9(3)7-11/h8-12H,5-7H2,1-4H3. The molecular weight excluding hydrogens is 162 g/mol. The third-order valence-corrected chi connectivity index (χ3v) is 2.97. The van der Waals surface area contributed by atoms with Gasteiger partial charge in [0.2, 0.25) is 0 Å². The van der Waals surface area contributed by atoms with E-state index in [2.05, 4.69) is 33.0 Å². The van der Waals surface area contributed by atoms with E-state index in [9.17, 15) is 0 Å². The first-order valence-corrected chi connectivity index (χ1v) is 5.52. The predicted octanol–water partition coefficient (Wildman–Crippen LogP) is 2.19. The third-order valence-electron chi connectivity index (χ3n) is 2.97. The molecule has 1 aliphatic rings. The minimum absolute atomic E-state index is 0.440. The molecule has 1 saturated heterocycles. The zero-order valence-electron chi connectivity index (χ0n) is 9.34. The van der Waals surface area contributed by atoms with Crippen molar-refractivity contribution in [3.8, 4) is 0 Å². The Labute approximate surface area is 82.0 Å². The van der Waals surface area contributed by atoms with Gasteiger partial charge in [-0.25, -0.2) is 0 Å². The monoisotopic (exact) mass is 185 g/mol. The summed E-state index contributed by atoms with van der Waals surface area (Å²) in [6.07, 6.45) is 3.29. The van der Waals surface area contributed by atoms with E-state index in [1.807, 2.05) is 0 Å². The largest absolute Gasteiger partial charge is 0.376 e. The molecule has 1 heterocycles. The van der Waals surface area contributed by atoms with Gasteiger partial charge in [0.1, 0.15) is 0 Å². The lowest BCUT2D eigenvalue weighted by Crippen LogP contribution is -2.40. The van der Waals surface area contributed by atoms with Crippen LogP contribution in [0.4, 0.5) is 0 Å². The Kier molecular flexibility index (Phi) is 4.20. The fraction of sp³-hybridized carbons (Fsp3) is 1.00. The van der Waals surface area contributed by atoms with Crippen molar-refractivity contribution < 1.29 is 4.74 Å². The zero-order chi connectivity index (χ0) is 9.84. The maximum Gasteiger partial charge on any atom is 0.0553 e. The summed E-state index contributed by atoms with van der Waals surface area (Å²) >= 11 is 0. The molecule has 1 aliphatic heterocycles. The van der Waals surface area contributed by atoms with Crippen molar-refractivity contribution in [3.63, 3.8) is 0 Å². The molecule has 0 spiro atoms. The first kappa shape index (κ1) is 11.0. The van der Waals surface area contributed by atoms with Crippen molar-refractivity contribution in [1.29, 1.82) is 0 Å². The van der Waals surface area contributed by atoms with E-state index >= 15 is 0 Å². The lowest BCUT2D eigenvalue weighted by Gasteiger charge is -2.35. The second-order valence-electron chi connectivity index (χ2n) is 4.34. The number of hydrogen-bond acceptors (Lipinski definition) is 2. The average molecular weight is 185 g/mol. The van der Waals surface area contributed by atoms with E-state index in [4.69, 9.17) is 4.74 Å². The molecule has 3 atom stereocenters. The SMILES string of the molecule is CCNC(C)C1CC(C)OC(C)C1. The minimum atomic E-state index is 0.440. The topological polar surface area (TPSA) is 21.3 Å². The zero-order valence-corrected chi connectivity index (χ0v) is 9.34. The van der Waals surface area contributed by atoms with E-state index in [-0.39, 0.29) is 0 Å². The lowest BCUT2D eigenvalue weighted by atomic mass is 9.87. The summed E-state index contributed by atoms with van der Waals surface area (Å²) in [5, 5.41) is 3.50. The summed E-state index contributed by atoms with van der Waals surface area (Å²) in [6, 6.07) is 0.638. The molecule has 3 unspecified atom stereocenters. The van der Waals surface area contributed by atoms with Gasteiger partial charge in [0.05, 0.1) is 12.2 Å². The second kappa shape index (κ2) is 4.97. The normalized spacial score (nSPS) is 37.4. The summed E-state index contributed by atoms with van der Waals surface area (Å²) in [4.78, 5) is 0. The quantitative estimate of drug-likeness (QED) is 0.727. The van der Waals surface area contributed by atoms with Crippen LogP contribution in [-0.2, 0) is 4.74 Å². The highest BCUT2D eigenvalue weighted by Gasteiger charge is 2.27. The van der Waals surface area contributed by atoms with Gasteiger partial charge in [-0.05, 0) is 46.1 Å². The van der Waals surface area contributed by atoms with Crippen LogP contribution in [0.3, 0.4) is 0 Å². The fourth-order valence-electron chi connectivity index (χ4n) is 2.35. The fourth-order valence-corrected chi connectivity index (χ4v) is 2.35. The van der Waals surface area contributed by atoms with Crippen LogP contribution < -0.4 is 5.32 Å². The van der Waals surface area contributed by atoms with E-state index in [0.717, 1.165) is 12.5 Å². The lowest BCUT2D eigenvalue weighted by molar-refractivity contribution is -0.0575. The molecule has 0 radical (unpaired) electrons. The molecule has 0 aromatic rings. The number of nitrogens with one attached hydrogen (secondary N) is 1. The number of ether oxygens (including phenoxy) is 1. The highest BCUT2D eigenvalue weighted by molar-refractivity contribution is 4.80. The molecule has 2 heteroatoms. The summed E-state index contributed by atoms with van der Waals surface area (Å²) in [6.45, 7) is 9.89. The maximum absolute atomic E-state index is 5.72. The van der Waals surface area contributed by atoms with Crippen molar-refractivity contribution in [2.75, 3.05) is 6.54 Å². The van der Waals surface area contributed by atoms with E-state index < -0.39 is 0 Å². The van der Waals surface area contributed by atoms with Gasteiger partial charge in [-0.1, -0.05) is 6.92 Å². The van der Waals surface area contributed by atoms with Crippen molar-refractivity contribution in [1.82, 2.24) is 5.32 Å².